The van der Waals surface area contributed by atoms with E-state index in [-0.39, 0.29) is 38.1 Å². The first kappa shape index (κ1) is 46.1. The number of halogens is 2. The number of nitrogens with zero attached hydrogens (tertiary/aromatic N) is 5. The normalized spacial score (nSPS) is 20.2. The Hall–Kier alpha value is -4.70. The molecule has 2 saturated carbocycles. The lowest BCUT2D eigenvalue weighted by atomic mass is 9.72. The smallest absolute Gasteiger partial charge is 0.268 e. The van der Waals surface area contributed by atoms with Gasteiger partial charge in [0.05, 0.1) is 42.8 Å². The molecule has 16 heteroatoms. The molecular formula is C51H59Cl2N7O6S. The van der Waals surface area contributed by atoms with Crippen LogP contribution in [0.1, 0.15) is 94.0 Å². The summed E-state index contributed by atoms with van der Waals surface area (Å²) in [6, 6.07) is 19.4. The van der Waals surface area contributed by atoms with E-state index in [1.807, 2.05) is 30.3 Å². The summed E-state index contributed by atoms with van der Waals surface area (Å²) in [5.41, 5.74) is 5.84. The molecular weight excluding hydrogens is 910 g/mol. The largest absolute Gasteiger partial charge is 0.475 e. The summed E-state index contributed by atoms with van der Waals surface area (Å²) in [6.07, 6.45) is 15.6. The number of amides is 1. The van der Waals surface area contributed by atoms with Crippen LogP contribution in [-0.4, -0.2) is 109 Å². The fourth-order valence-corrected chi connectivity index (χ4v) is 11.9. The highest BCUT2D eigenvalue weighted by Crippen LogP contribution is 2.45. The van der Waals surface area contributed by atoms with Crippen molar-refractivity contribution in [1.29, 1.82) is 0 Å². The monoisotopic (exact) mass is 967 g/mol. The summed E-state index contributed by atoms with van der Waals surface area (Å²) < 4.78 is 48.4. The molecule has 5 aliphatic rings. The Morgan fingerprint density at radius 3 is 2.42 bits per heavy atom. The van der Waals surface area contributed by atoms with Crippen molar-refractivity contribution in [3.8, 4) is 17.4 Å². The fraction of sp³-hybridized carbons (Fsp3) is 0.471. The van der Waals surface area contributed by atoms with Gasteiger partial charge in [0, 0.05) is 67.1 Å². The molecule has 0 bridgehead atoms. The van der Waals surface area contributed by atoms with Gasteiger partial charge in [0.1, 0.15) is 33.7 Å². The molecule has 2 aliphatic heterocycles. The second-order valence-corrected chi connectivity index (χ2v) is 22.4. The Morgan fingerprint density at radius 1 is 0.925 bits per heavy atom. The summed E-state index contributed by atoms with van der Waals surface area (Å²) in [5, 5.41) is 1.62. The second-order valence-electron chi connectivity index (χ2n) is 19.9. The number of carbonyl (C=O) groups excluding carboxylic acids is 1. The molecule has 2 N–H and O–H groups in total. The third kappa shape index (κ3) is 10.2. The van der Waals surface area contributed by atoms with Crippen LogP contribution in [0.4, 0.5) is 5.69 Å². The number of hydrogen-bond acceptors (Lipinski definition) is 11. The molecule has 2 saturated heterocycles. The lowest BCUT2D eigenvalue weighted by Crippen LogP contribution is -2.63. The van der Waals surface area contributed by atoms with Gasteiger partial charge >= 0.3 is 0 Å². The van der Waals surface area contributed by atoms with E-state index in [1.54, 1.807) is 24.5 Å². The van der Waals surface area contributed by atoms with Crippen molar-refractivity contribution in [2.75, 3.05) is 57.4 Å². The molecule has 5 heterocycles. The Balaban J connectivity index is 0.845. The molecule has 3 aromatic heterocycles. The summed E-state index contributed by atoms with van der Waals surface area (Å²) in [5.74, 6) is -0.111. The third-order valence-electron chi connectivity index (χ3n) is 14.4. The topological polar surface area (TPSA) is 142 Å². The summed E-state index contributed by atoms with van der Waals surface area (Å²) in [4.78, 5) is 33.2. The van der Waals surface area contributed by atoms with E-state index in [1.165, 1.54) is 48.2 Å². The average Bonchev–Trinajstić information content (AvgIpc) is 4.03. The molecule has 67 heavy (non-hydrogen) atoms. The molecule has 0 unspecified atom stereocenters. The number of anilines is 1. The van der Waals surface area contributed by atoms with Crippen LogP contribution in [0.25, 0.3) is 16.6 Å². The second kappa shape index (κ2) is 19.0. The van der Waals surface area contributed by atoms with Crippen LogP contribution in [0.15, 0.2) is 89.7 Å². The van der Waals surface area contributed by atoms with E-state index in [4.69, 9.17) is 37.4 Å². The van der Waals surface area contributed by atoms with E-state index in [0.717, 1.165) is 107 Å². The van der Waals surface area contributed by atoms with Crippen LogP contribution in [0.2, 0.25) is 10.0 Å². The van der Waals surface area contributed by atoms with Crippen LogP contribution in [0, 0.1) is 5.41 Å². The fourth-order valence-electron chi connectivity index (χ4n) is 10.6. The number of ether oxygens (including phenoxy) is 3. The summed E-state index contributed by atoms with van der Waals surface area (Å²) in [7, 11) is -4.43. The third-order valence-corrected chi connectivity index (χ3v) is 16.2. The number of nitrogens with one attached hydrogen (secondary N) is 2. The number of benzene rings is 2. The van der Waals surface area contributed by atoms with E-state index in [2.05, 4.69) is 60.4 Å². The van der Waals surface area contributed by atoms with E-state index >= 15 is 0 Å². The Morgan fingerprint density at radius 2 is 1.70 bits per heavy atom. The molecule has 0 radical (unpaired) electrons. The molecule has 2 aromatic carbocycles. The number of allylic oxidation sites excluding steroid dienone is 1. The number of fused-ring (bicyclic) bond motifs is 1. The number of piperazine rings is 1. The lowest BCUT2D eigenvalue weighted by Gasteiger charge is -2.52. The number of rotatable bonds is 15. The Bertz CT molecular complexity index is 2760. The summed E-state index contributed by atoms with van der Waals surface area (Å²) in [6.45, 7) is 10.7. The van der Waals surface area contributed by atoms with Crippen molar-refractivity contribution in [3.63, 3.8) is 0 Å². The van der Waals surface area contributed by atoms with Crippen LogP contribution in [-0.2, 0) is 14.8 Å². The molecule has 354 valence electrons. The van der Waals surface area contributed by atoms with Gasteiger partial charge in [-0.25, -0.2) is 23.1 Å². The predicted molar refractivity (Wildman–Crippen MR) is 262 cm³/mol. The molecule has 3 aliphatic carbocycles. The maximum absolute atomic E-state index is 14.1. The van der Waals surface area contributed by atoms with Gasteiger partial charge in [-0.2, -0.15) is 0 Å². The zero-order valence-corrected chi connectivity index (χ0v) is 40.6. The molecule has 1 amide bonds. The van der Waals surface area contributed by atoms with Crippen molar-refractivity contribution in [2.24, 2.45) is 5.41 Å². The van der Waals surface area contributed by atoms with Crippen molar-refractivity contribution < 1.29 is 27.4 Å². The molecule has 5 aromatic rings. The van der Waals surface area contributed by atoms with Crippen LogP contribution in [0.3, 0.4) is 0 Å². The first-order chi connectivity index (χ1) is 32.3. The van der Waals surface area contributed by atoms with E-state index in [0.29, 0.717) is 30.1 Å². The minimum atomic E-state index is -4.43. The molecule has 0 spiro atoms. The van der Waals surface area contributed by atoms with Gasteiger partial charge in [0.25, 0.3) is 15.9 Å². The van der Waals surface area contributed by atoms with Crippen molar-refractivity contribution in [2.45, 2.75) is 101 Å². The van der Waals surface area contributed by atoms with Crippen molar-refractivity contribution >= 4 is 61.4 Å². The SMILES string of the molecule is CC1(C)CCC(CN2CCN(c3ccc(C(=O)NS(=O)(=O)c4cnc(OCC5(N(C6CC6)C6COC6)CCCCC5)c(Cl)c4)c(Oc4cnc5[nH]ccc5c4)c3)CC2)=C(c2ccc(Cl)cc2)C1. The van der Waals surface area contributed by atoms with Gasteiger partial charge in [-0.1, -0.05) is 74.0 Å². The number of hydrogen-bond donors (Lipinski definition) is 2. The van der Waals surface area contributed by atoms with Gasteiger partial charge < -0.3 is 24.1 Å². The van der Waals surface area contributed by atoms with Gasteiger partial charge in [0.15, 0.2) is 0 Å². The van der Waals surface area contributed by atoms with Crippen LogP contribution < -0.4 is 19.1 Å². The highest BCUT2D eigenvalue weighted by Gasteiger charge is 2.50. The van der Waals surface area contributed by atoms with Crippen LogP contribution >= 0.6 is 23.2 Å². The number of aromatic nitrogens is 3. The quantitative estimate of drug-likeness (QED) is 0.104. The minimum absolute atomic E-state index is 0.0379. The molecule has 0 atom stereocenters. The van der Waals surface area contributed by atoms with Gasteiger partial charge in [0.2, 0.25) is 5.88 Å². The molecule has 13 nitrogen and oxygen atoms in total. The number of carbonyl (C=O) groups is 1. The van der Waals surface area contributed by atoms with Crippen molar-refractivity contribution in [3.05, 3.63) is 106 Å². The average molecular weight is 969 g/mol. The first-order valence-electron chi connectivity index (χ1n) is 23.7. The minimum Gasteiger partial charge on any atom is -0.475 e. The van der Waals surface area contributed by atoms with Crippen molar-refractivity contribution in [1.82, 2.24) is 29.5 Å². The highest BCUT2D eigenvalue weighted by atomic mass is 35.5. The van der Waals surface area contributed by atoms with Gasteiger partial charge in [-0.15, -0.1) is 0 Å². The maximum atomic E-state index is 14.1. The number of H-pyrrole nitrogens is 1. The molecule has 10 rings (SSSR count). The summed E-state index contributed by atoms with van der Waals surface area (Å²) >= 11 is 13.0. The standard InChI is InChI=1S/C51H59Cl2N7O6S/c1-50(2)18-14-36(44(27-50)34-6-8-37(52)9-7-34)30-58-20-22-59(23-21-58)39-12-13-43(46(25-39)66-41-24-35-15-19-54-47(35)55-28-41)48(61)57-67(62,63)42-26-45(53)49(56-29-42)65-33-51(16-4-3-5-17-51)60(38-10-11-38)40-31-64-32-40/h6-9,12-13,15,19,24-26,28-29,38,40H,3-5,10-11,14,16-18,20-23,27,30-33H2,1-2H3,(H,54,55)(H,57,61). The zero-order chi connectivity index (χ0) is 46.3. The molecule has 4 fully saturated rings. The lowest BCUT2D eigenvalue weighted by molar-refractivity contribution is -0.127. The Labute approximate surface area is 403 Å². The first-order valence-corrected chi connectivity index (χ1v) is 26.0. The Kier molecular flexibility index (Phi) is 13.1. The van der Waals surface area contributed by atoms with E-state index < -0.39 is 15.9 Å². The maximum Gasteiger partial charge on any atom is 0.268 e. The number of pyridine rings is 2. The van der Waals surface area contributed by atoms with E-state index in [9.17, 15) is 13.2 Å². The number of sulfonamides is 1. The number of aromatic amines is 1. The van der Waals surface area contributed by atoms with Crippen LogP contribution in [0.5, 0.6) is 17.4 Å². The highest BCUT2D eigenvalue weighted by molar-refractivity contribution is 7.90. The zero-order valence-electron chi connectivity index (χ0n) is 38.2. The van der Waals surface area contributed by atoms with Gasteiger partial charge in [-0.05, 0) is 104 Å². The predicted octanol–water partition coefficient (Wildman–Crippen LogP) is 9.91. The van der Waals surface area contributed by atoms with Gasteiger partial charge in [-0.3, -0.25) is 14.6 Å².